The van der Waals surface area contributed by atoms with Crippen LogP contribution in [-0.2, 0) is 9.59 Å². The summed E-state index contributed by atoms with van der Waals surface area (Å²) >= 11 is 0. The van der Waals surface area contributed by atoms with Crippen molar-refractivity contribution in [3.05, 3.63) is 93.0 Å². The molecule has 2 unspecified atom stereocenters. The molecule has 0 radical (unpaired) electrons. The third-order valence-electron chi connectivity index (χ3n) is 6.85. The number of carbonyl (C=O) groups is 2. The minimum Gasteiger partial charge on any atom is -0.426 e. The molecule has 3 aromatic carbocycles. The first kappa shape index (κ1) is 23.3. The van der Waals surface area contributed by atoms with Crippen LogP contribution in [0.25, 0.3) is 0 Å². The van der Waals surface area contributed by atoms with Gasteiger partial charge in [0.1, 0.15) is 23.6 Å². The summed E-state index contributed by atoms with van der Waals surface area (Å²) in [5.74, 6) is -1.29. The summed E-state index contributed by atoms with van der Waals surface area (Å²) in [4.78, 5) is 25.3. The molecule has 0 amide bonds. The molecule has 0 heterocycles. The van der Waals surface area contributed by atoms with E-state index in [0.717, 1.165) is 33.4 Å². The van der Waals surface area contributed by atoms with E-state index in [4.69, 9.17) is 9.47 Å². The van der Waals surface area contributed by atoms with E-state index in [0.29, 0.717) is 22.6 Å². The van der Waals surface area contributed by atoms with E-state index in [1.54, 1.807) is 52.0 Å². The highest BCUT2D eigenvalue weighted by Gasteiger charge is 2.45. The Morgan fingerprint density at radius 1 is 0.694 bits per heavy atom. The highest BCUT2D eigenvalue weighted by Crippen LogP contribution is 2.60. The second-order valence-corrected chi connectivity index (χ2v) is 9.79. The van der Waals surface area contributed by atoms with E-state index in [1.807, 2.05) is 24.3 Å². The summed E-state index contributed by atoms with van der Waals surface area (Å²) < 4.78 is 11.7. The van der Waals surface area contributed by atoms with Crippen molar-refractivity contribution in [2.45, 2.75) is 39.5 Å². The second-order valence-electron chi connectivity index (χ2n) is 9.79. The number of nitrogens with zero attached hydrogens (tertiary/aromatic N) is 2. The molecule has 0 saturated carbocycles. The van der Waals surface area contributed by atoms with Crippen LogP contribution in [0, 0.1) is 34.5 Å². The molecule has 3 aromatic rings. The first-order chi connectivity index (χ1) is 17.3. The Labute approximate surface area is 209 Å². The van der Waals surface area contributed by atoms with Crippen molar-refractivity contribution in [2.24, 2.45) is 11.8 Å². The van der Waals surface area contributed by atoms with Crippen LogP contribution in [0.5, 0.6) is 11.5 Å². The van der Waals surface area contributed by atoms with Gasteiger partial charge in [0.05, 0.1) is 23.0 Å². The number of ether oxygens (including phenoxy) is 2. The van der Waals surface area contributed by atoms with Gasteiger partial charge in [0.15, 0.2) is 0 Å². The van der Waals surface area contributed by atoms with Gasteiger partial charge in [-0.15, -0.1) is 0 Å². The average Bonchev–Trinajstić information content (AvgIpc) is 2.88. The Balaban J connectivity index is 1.83. The number of rotatable bonds is 4. The van der Waals surface area contributed by atoms with E-state index < -0.39 is 0 Å². The van der Waals surface area contributed by atoms with Crippen molar-refractivity contribution >= 4 is 11.9 Å². The first-order valence-electron chi connectivity index (χ1n) is 11.9. The SMILES string of the molecule is CC(C)C(=O)Oc1ccc(OC(=O)C(C)C)c2c1C1c3ccccc3C2c2cc(C#N)c(C#N)cc21. The monoisotopic (exact) mass is 476 g/mol. The van der Waals surface area contributed by atoms with Gasteiger partial charge < -0.3 is 9.47 Å². The molecular weight excluding hydrogens is 452 g/mol. The number of benzene rings is 3. The van der Waals surface area contributed by atoms with Crippen molar-refractivity contribution in [2.75, 3.05) is 0 Å². The second kappa shape index (κ2) is 8.66. The van der Waals surface area contributed by atoms with Crippen molar-refractivity contribution in [3.8, 4) is 23.6 Å². The van der Waals surface area contributed by atoms with Gasteiger partial charge in [-0.05, 0) is 46.5 Å². The molecule has 0 aromatic heterocycles. The minimum absolute atomic E-state index is 0.297. The van der Waals surface area contributed by atoms with Crippen LogP contribution in [0.15, 0.2) is 48.5 Å². The zero-order valence-corrected chi connectivity index (χ0v) is 20.5. The first-order valence-corrected chi connectivity index (χ1v) is 11.9. The van der Waals surface area contributed by atoms with Gasteiger partial charge in [-0.25, -0.2) is 0 Å². The number of hydrogen-bond acceptors (Lipinski definition) is 6. The predicted octanol–water partition coefficient (Wildman–Crippen LogP) is 5.54. The topological polar surface area (TPSA) is 100 Å². The van der Waals surface area contributed by atoms with Crippen LogP contribution in [-0.4, -0.2) is 11.9 Å². The molecule has 0 aliphatic heterocycles. The van der Waals surface area contributed by atoms with Crippen LogP contribution in [0.3, 0.4) is 0 Å². The maximum Gasteiger partial charge on any atom is 0.313 e. The Morgan fingerprint density at radius 3 is 1.42 bits per heavy atom. The summed E-state index contributed by atoms with van der Waals surface area (Å²) in [5.41, 5.74) is 5.94. The molecule has 178 valence electrons. The molecule has 0 saturated heterocycles. The van der Waals surface area contributed by atoms with Crippen LogP contribution in [0.1, 0.15) is 84.0 Å². The lowest BCUT2D eigenvalue weighted by molar-refractivity contribution is -0.138. The van der Waals surface area contributed by atoms with Gasteiger partial charge in [-0.3, -0.25) is 9.59 Å². The number of nitriles is 2. The normalized spacial score (nSPS) is 16.4. The summed E-state index contributed by atoms with van der Waals surface area (Å²) in [6, 6.07) is 19.1. The van der Waals surface area contributed by atoms with Crippen molar-refractivity contribution in [3.63, 3.8) is 0 Å². The summed E-state index contributed by atoms with van der Waals surface area (Å²) in [7, 11) is 0. The smallest absolute Gasteiger partial charge is 0.313 e. The maximum absolute atomic E-state index is 12.6. The van der Waals surface area contributed by atoms with E-state index in [1.165, 1.54) is 0 Å². The highest BCUT2D eigenvalue weighted by molar-refractivity contribution is 5.81. The van der Waals surface area contributed by atoms with E-state index >= 15 is 0 Å². The van der Waals surface area contributed by atoms with Gasteiger partial charge in [-0.2, -0.15) is 10.5 Å². The van der Waals surface area contributed by atoms with Crippen LogP contribution in [0.2, 0.25) is 0 Å². The number of carbonyl (C=O) groups excluding carboxylic acids is 2. The lowest BCUT2D eigenvalue weighted by atomic mass is 9.60. The molecular formula is C30H24N2O4. The van der Waals surface area contributed by atoms with E-state index in [-0.39, 0.29) is 35.6 Å². The highest BCUT2D eigenvalue weighted by atomic mass is 16.5. The van der Waals surface area contributed by atoms with Gasteiger partial charge in [-0.1, -0.05) is 52.0 Å². The van der Waals surface area contributed by atoms with Crippen molar-refractivity contribution in [1.29, 1.82) is 10.5 Å². The lowest BCUT2D eigenvalue weighted by Crippen LogP contribution is -2.30. The van der Waals surface area contributed by atoms with Gasteiger partial charge in [0.25, 0.3) is 0 Å². The third kappa shape index (κ3) is 3.46. The number of esters is 2. The zero-order valence-electron chi connectivity index (χ0n) is 20.5. The van der Waals surface area contributed by atoms with Gasteiger partial charge in [0, 0.05) is 23.0 Å². The maximum atomic E-state index is 12.6. The molecule has 2 bridgehead atoms. The average molecular weight is 477 g/mol. The molecule has 0 spiro atoms. The van der Waals surface area contributed by atoms with Crippen LogP contribution >= 0.6 is 0 Å². The Bertz CT molecular complexity index is 1410. The van der Waals surface area contributed by atoms with E-state index in [2.05, 4.69) is 12.1 Å². The van der Waals surface area contributed by atoms with Crippen molar-refractivity contribution < 1.29 is 19.1 Å². The van der Waals surface area contributed by atoms with Crippen LogP contribution in [0.4, 0.5) is 0 Å². The summed E-state index contributed by atoms with van der Waals surface area (Å²) in [5, 5.41) is 19.4. The van der Waals surface area contributed by atoms with Crippen LogP contribution < -0.4 is 9.47 Å². The Hall–Kier alpha value is -4.42. The van der Waals surface area contributed by atoms with Gasteiger partial charge >= 0.3 is 11.9 Å². The third-order valence-corrected chi connectivity index (χ3v) is 6.85. The number of hydrogen-bond donors (Lipinski definition) is 0. The molecule has 3 aliphatic carbocycles. The molecule has 6 rings (SSSR count). The molecule has 6 heteroatoms. The predicted molar refractivity (Wildman–Crippen MR) is 132 cm³/mol. The molecule has 6 nitrogen and oxygen atoms in total. The lowest BCUT2D eigenvalue weighted by Gasteiger charge is -2.43. The largest absolute Gasteiger partial charge is 0.426 e. The Kier molecular flexibility index (Phi) is 5.61. The quantitative estimate of drug-likeness (QED) is 0.249. The minimum atomic E-state index is -0.364. The molecule has 0 fully saturated rings. The van der Waals surface area contributed by atoms with Gasteiger partial charge in [0.2, 0.25) is 0 Å². The zero-order chi connectivity index (χ0) is 25.7. The summed E-state index contributed by atoms with van der Waals surface area (Å²) in [6.07, 6.45) is 0. The Morgan fingerprint density at radius 2 is 1.08 bits per heavy atom. The van der Waals surface area contributed by atoms with E-state index in [9.17, 15) is 20.1 Å². The fraction of sp³-hybridized carbons (Fsp3) is 0.267. The molecule has 2 atom stereocenters. The molecule has 3 aliphatic rings. The fourth-order valence-corrected chi connectivity index (χ4v) is 5.13. The van der Waals surface area contributed by atoms with Crippen molar-refractivity contribution in [1.82, 2.24) is 0 Å². The molecule has 36 heavy (non-hydrogen) atoms. The summed E-state index contributed by atoms with van der Waals surface area (Å²) in [6.45, 7) is 7.08. The fourth-order valence-electron chi connectivity index (χ4n) is 5.13. The standard InChI is InChI=1S/C30H24N2O4/c1-15(2)29(33)35-23-9-10-24(36-30(34)16(3)4)28-26-20-8-6-5-7-19(20)25(27(23)28)21-11-17(13-31)18(14-32)12-22(21)26/h5-12,15-16,25-26H,1-4H3. The molecule has 0 N–H and O–H groups in total.